The molecule has 2 aliphatic rings. The van der Waals surface area contributed by atoms with Gasteiger partial charge in [0.2, 0.25) is 0 Å². The van der Waals surface area contributed by atoms with Gasteiger partial charge in [0.15, 0.2) is 0 Å². The molecule has 1 amide bonds. The van der Waals surface area contributed by atoms with Crippen LogP contribution in [0.4, 0.5) is 4.79 Å². The van der Waals surface area contributed by atoms with Crippen LogP contribution in [-0.2, 0) is 4.74 Å². The summed E-state index contributed by atoms with van der Waals surface area (Å²) in [7, 11) is 2.16. The first kappa shape index (κ1) is 17.1. The standard InChI is InChI=1S/C16H30N4O2/c1-12-10-19(5)8-6-13(12)18-14-11-20(9-7-17-14)15(21)22-16(2,3)4/h12-13H,6-11H2,1-5H3,(H,17,18). The molecule has 2 rings (SSSR count). The van der Waals surface area contributed by atoms with Gasteiger partial charge in [-0.2, -0.15) is 0 Å². The third-order valence-corrected chi connectivity index (χ3v) is 4.13. The third kappa shape index (κ3) is 4.87. The number of amidine groups is 1. The Morgan fingerprint density at radius 1 is 1.36 bits per heavy atom. The van der Waals surface area contributed by atoms with Crippen molar-refractivity contribution in [1.82, 2.24) is 15.1 Å². The van der Waals surface area contributed by atoms with Crippen LogP contribution in [0.25, 0.3) is 0 Å². The van der Waals surface area contributed by atoms with E-state index in [1.165, 1.54) is 0 Å². The molecular weight excluding hydrogens is 280 g/mol. The molecule has 2 heterocycles. The molecule has 2 atom stereocenters. The Balaban J connectivity index is 1.88. The molecule has 0 radical (unpaired) electrons. The monoisotopic (exact) mass is 310 g/mol. The quantitative estimate of drug-likeness (QED) is 0.799. The van der Waals surface area contributed by atoms with Crippen molar-refractivity contribution in [2.24, 2.45) is 10.9 Å². The van der Waals surface area contributed by atoms with Crippen molar-refractivity contribution >= 4 is 11.9 Å². The molecule has 22 heavy (non-hydrogen) atoms. The lowest BCUT2D eigenvalue weighted by Crippen LogP contribution is -2.53. The molecule has 126 valence electrons. The Kier molecular flexibility index (Phi) is 5.32. The van der Waals surface area contributed by atoms with Crippen LogP contribution in [0.2, 0.25) is 0 Å². The maximum absolute atomic E-state index is 12.2. The maximum atomic E-state index is 12.2. The van der Waals surface area contributed by atoms with E-state index in [-0.39, 0.29) is 6.09 Å². The minimum atomic E-state index is -0.457. The van der Waals surface area contributed by atoms with Gasteiger partial charge in [0.05, 0.1) is 13.1 Å². The van der Waals surface area contributed by atoms with Gasteiger partial charge in [-0.1, -0.05) is 6.92 Å². The van der Waals surface area contributed by atoms with E-state index in [1.54, 1.807) is 4.90 Å². The van der Waals surface area contributed by atoms with Crippen LogP contribution in [0, 0.1) is 5.92 Å². The van der Waals surface area contributed by atoms with Crippen molar-refractivity contribution in [3.05, 3.63) is 0 Å². The number of nitrogens with one attached hydrogen (secondary N) is 1. The molecule has 0 aliphatic carbocycles. The van der Waals surface area contributed by atoms with Crippen LogP contribution >= 0.6 is 0 Å². The van der Waals surface area contributed by atoms with E-state index in [0.717, 1.165) is 25.3 Å². The highest BCUT2D eigenvalue weighted by atomic mass is 16.6. The summed E-state index contributed by atoms with van der Waals surface area (Å²) in [6.07, 6.45) is 0.862. The first-order valence-electron chi connectivity index (χ1n) is 8.21. The van der Waals surface area contributed by atoms with Gasteiger partial charge in [0.25, 0.3) is 0 Å². The normalized spacial score (nSPS) is 27.3. The average Bonchev–Trinajstić information content (AvgIpc) is 2.40. The fourth-order valence-electron chi connectivity index (χ4n) is 2.97. The van der Waals surface area contributed by atoms with E-state index < -0.39 is 5.60 Å². The second-order valence-electron chi connectivity index (χ2n) is 7.51. The van der Waals surface area contributed by atoms with Crippen molar-refractivity contribution in [3.8, 4) is 0 Å². The molecule has 0 spiro atoms. The summed E-state index contributed by atoms with van der Waals surface area (Å²) in [6, 6.07) is 0.438. The van der Waals surface area contributed by atoms with Crippen molar-refractivity contribution in [2.45, 2.75) is 45.8 Å². The Labute approximate surface area is 133 Å². The second-order valence-corrected chi connectivity index (χ2v) is 7.51. The predicted octanol–water partition coefficient (Wildman–Crippen LogP) is 1.57. The van der Waals surface area contributed by atoms with Crippen LogP contribution in [-0.4, -0.2) is 73.1 Å². The van der Waals surface area contributed by atoms with Crippen LogP contribution < -0.4 is 5.32 Å². The number of amides is 1. The molecule has 6 heteroatoms. The number of hydrogen-bond acceptors (Lipinski definition) is 5. The molecule has 1 fully saturated rings. The van der Waals surface area contributed by atoms with E-state index in [2.05, 4.69) is 29.2 Å². The van der Waals surface area contributed by atoms with Crippen molar-refractivity contribution in [1.29, 1.82) is 0 Å². The van der Waals surface area contributed by atoms with Crippen LogP contribution in [0.3, 0.4) is 0 Å². The van der Waals surface area contributed by atoms with Gasteiger partial charge >= 0.3 is 6.09 Å². The van der Waals surface area contributed by atoms with E-state index in [1.807, 2.05) is 20.8 Å². The molecule has 2 unspecified atom stereocenters. The number of carbonyl (C=O) groups is 1. The molecule has 0 aromatic carbocycles. The van der Waals surface area contributed by atoms with Crippen molar-refractivity contribution < 1.29 is 9.53 Å². The van der Waals surface area contributed by atoms with Crippen molar-refractivity contribution in [3.63, 3.8) is 0 Å². The molecule has 6 nitrogen and oxygen atoms in total. The Morgan fingerprint density at radius 2 is 2.09 bits per heavy atom. The van der Waals surface area contributed by atoms with E-state index in [0.29, 0.717) is 31.6 Å². The largest absolute Gasteiger partial charge is 0.444 e. The van der Waals surface area contributed by atoms with E-state index >= 15 is 0 Å². The van der Waals surface area contributed by atoms with Gasteiger partial charge in [-0.25, -0.2) is 4.79 Å². The van der Waals surface area contributed by atoms with Gasteiger partial charge < -0.3 is 15.0 Å². The minimum Gasteiger partial charge on any atom is -0.444 e. The molecule has 0 saturated carbocycles. The molecular formula is C16H30N4O2. The first-order valence-corrected chi connectivity index (χ1v) is 8.21. The zero-order valence-corrected chi connectivity index (χ0v) is 14.6. The molecule has 0 bridgehead atoms. The number of rotatable bonds is 1. The Morgan fingerprint density at radius 3 is 2.73 bits per heavy atom. The van der Waals surface area contributed by atoms with Crippen LogP contribution in [0.5, 0.6) is 0 Å². The van der Waals surface area contributed by atoms with Gasteiger partial charge in [0.1, 0.15) is 11.4 Å². The fraction of sp³-hybridized carbons (Fsp3) is 0.875. The molecule has 1 N–H and O–H groups in total. The number of piperidine rings is 1. The smallest absolute Gasteiger partial charge is 0.410 e. The highest BCUT2D eigenvalue weighted by Crippen LogP contribution is 2.16. The Hall–Kier alpha value is -1.30. The summed E-state index contributed by atoms with van der Waals surface area (Å²) in [5.41, 5.74) is -0.457. The fourth-order valence-corrected chi connectivity index (χ4v) is 2.97. The number of carbonyl (C=O) groups excluding carboxylic acids is 1. The van der Waals surface area contributed by atoms with Gasteiger partial charge in [-0.15, -0.1) is 0 Å². The second kappa shape index (κ2) is 6.86. The summed E-state index contributed by atoms with van der Waals surface area (Å²) in [5.74, 6) is 1.50. The lowest BCUT2D eigenvalue weighted by Gasteiger charge is -2.37. The molecule has 2 aliphatic heterocycles. The van der Waals surface area contributed by atoms with Crippen molar-refractivity contribution in [2.75, 3.05) is 39.8 Å². The summed E-state index contributed by atoms with van der Waals surface area (Å²) < 4.78 is 5.45. The highest BCUT2D eigenvalue weighted by molar-refractivity contribution is 5.88. The topological polar surface area (TPSA) is 57.2 Å². The van der Waals surface area contributed by atoms with Gasteiger partial charge in [-0.3, -0.25) is 9.89 Å². The zero-order chi connectivity index (χ0) is 16.3. The summed E-state index contributed by atoms with van der Waals surface area (Å²) >= 11 is 0. The minimum absolute atomic E-state index is 0.252. The molecule has 0 aromatic heterocycles. The zero-order valence-electron chi connectivity index (χ0n) is 14.6. The van der Waals surface area contributed by atoms with Crippen LogP contribution in [0.15, 0.2) is 4.99 Å². The summed E-state index contributed by atoms with van der Waals surface area (Å²) in [5, 5.41) is 3.55. The van der Waals surface area contributed by atoms with Crippen LogP contribution in [0.1, 0.15) is 34.1 Å². The number of hydrogen-bond donors (Lipinski definition) is 1. The van der Waals surface area contributed by atoms with E-state index in [4.69, 9.17) is 4.74 Å². The summed E-state index contributed by atoms with van der Waals surface area (Å²) in [4.78, 5) is 20.8. The lowest BCUT2D eigenvalue weighted by atomic mass is 9.94. The summed E-state index contributed by atoms with van der Waals surface area (Å²) in [6.45, 7) is 11.9. The molecule has 0 aromatic rings. The predicted molar refractivity (Wildman–Crippen MR) is 88.3 cm³/mol. The lowest BCUT2D eigenvalue weighted by molar-refractivity contribution is 0.0275. The number of nitrogens with zero attached hydrogens (tertiary/aromatic N) is 3. The van der Waals surface area contributed by atoms with Gasteiger partial charge in [-0.05, 0) is 46.7 Å². The van der Waals surface area contributed by atoms with E-state index in [9.17, 15) is 4.79 Å². The number of likely N-dealkylation sites (tertiary alicyclic amines) is 1. The SMILES string of the molecule is CC1CN(C)CCC1NC1=NCCN(C(=O)OC(C)(C)C)C1. The highest BCUT2D eigenvalue weighted by Gasteiger charge is 2.28. The number of ether oxygens (including phenoxy) is 1. The maximum Gasteiger partial charge on any atom is 0.410 e. The number of aliphatic imine (C=N–C) groups is 1. The average molecular weight is 310 g/mol. The molecule has 1 saturated heterocycles. The van der Waals surface area contributed by atoms with Gasteiger partial charge in [0, 0.05) is 19.1 Å². The third-order valence-electron chi connectivity index (χ3n) is 4.13. The first-order chi connectivity index (χ1) is 10.2. The Bertz CT molecular complexity index is 430.